The van der Waals surface area contributed by atoms with Crippen molar-refractivity contribution < 1.29 is 9.84 Å². The van der Waals surface area contributed by atoms with E-state index in [0.29, 0.717) is 5.75 Å². The van der Waals surface area contributed by atoms with Crippen molar-refractivity contribution >= 4 is 0 Å². The Labute approximate surface area is 152 Å². The Kier molecular flexibility index (Phi) is 4.54. The van der Waals surface area contributed by atoms with E-state index in [1.807, 2.05) is 42.6 Å². The van der Waals surface area contributed by atoms with Gasteiger partial charge >= 0.3 is 0 Å². The maximum Gasteiger partial charge on any atom is 0.160 e. The van der Waals surface area contributed by atoms with Gasteiger partial charge in [-0.15, -0.1) is 0 Å². The molecular formula is C21H21N3O2. The van der Waals surface area contributed by atoms with Crippen molar-refractivity contribution in [1.29, 1.82) is 0 Å². The van der Waals surface area contributed by atoms with Crippen molar-refractivity contribution in [3.63, 3.8) is 0 Å². The molecule has 0 unspecified atom stereocenters. The molecule has 0 atom stereocenters. The number of hydrogen-bond acceptors (Lipinski definition) is 5. The Morgan fingerprint density at radius 3 is 2.77 bits per heavy atom. The summed E-state index contributed by atoms with van der Waals surface area (Å²) >= 11 is 0. The maximum absolute atomic E-state index is 9.98. The Morgan fingerprint density at radius 1 is 1.15 bits per heavy atom. The van der Waals surface area contributed by atoms with E-state index in [-0.39, 0.29) is 5.75 Å². The quantitative estimate of drug-likeness (QED) is 0.784. The summed E-state index contributed by atoms with van der Waals surface area (Å²) in [5.41, 5.74) is 4.40. The van der Waals surface area contributed by atoms with Gasteiger partial charge in [0.25, 0.3) is 0 Å². The number of rotatable bonds is 4. The second-order valence-electron chi connectivity index (χ2n) is 6.50. The summed E-state index contributed by atoms with van der Waals surface area (Å²) < 4.78 is 5.11. The minimum Gasteiger partial charge on any atom is -0.504 e. The molecule has 1 aliphatic rings. The highest BCUT2D eigenvalue weighted by molar-refractivity contribution is 5.54. The molecule has 26 heavy (non-hydrogen) atoms. The van der Waals surface area contributed by atoms with Crippen molar-refractivity contribution in [2.45, 2.75) is 19.5 Å². The lowest BCUT2D eigenvalue weighted by Gasteiger charge is -2.28. The van der Waals surface area contributed by atoms with Crippen LogP contribution in [0.15, 0.2) is 54.7 Å². The van der Waals surface area contributed by atoms with Crippen molar-refractivity contribution in [2.24, 2.45) is 0 Å². The van der Waals surface area contributed by atoms with E-state index in [2.05, 4.69) is 9.88 Å². The summed E-state index contributed by atoms with van der Waals surface area (Å²) in [4.78, 5) is 11.7. The third-order valence-corrected chi connectivity index (χ3v) is 4.71. The molecule has 0 saturated heterocycles. The van der Waals surface area contributed by atoms with Gasteiger partial charge in [0.1, 0.15) is 0 Å². The fraction of sp³-hybridized carbons (Fsp3) is 0.238. The monoisotopic (exact) mass is 347 g/mol. The first kappa shape index (κ1) is 16.5. The van der Waals surface area contributed by atoms with Crippen LogP contribution in [0.5, 0.6) is 11.5 Å². The highest BCUT2D eigenvalue weighted by Crippen LogP contribution is 2.28. The Balaban J connectivity index is 1.52. The molecule has 1 N–H and O–H groups in total. The number of aromatic nitrogens is 2. The highest BCUT2D eigenvalue weighted by Gasteiger charge is 2.19. The fourth-order valence-corrected chi connectivity index (χ4v) is 3.31. The molecule has 1 aromatic heterocycles. The van der Waals surface area contributed by atoms with E-state index in [9.17, 15) is 5.11 Å². The lowest BCUT2D eigenvalue weighted by Crippen LogP contribution is -2.31. The predicted octanol–water partition coefficient (Wildman–Crippen LogP) is 3.42. The molecule has 1 aliphatic heterocycles. The van der Waals surface area contributed by atoms with Gasteiger partial charge in [-0.05, 0) is 29.7 Å². The van der Waals surface area contributed by atoms with E-state index in [1.165, 1.54) is 5.56 Å². The average molecular weight is 347 g/mol. The van der Waals surface area contributed by atoms with Gasteiger partial charge in [0.2, 0.25) is 0 Å². The van der Waals surface area contributed by atoms with E-state index in [1.54, 1.807) is 19.2 Å². The van der Waals surface area contributed by atoms with Gasteiger partial charge < -0.3 is 9.84 Å². The fourth-order valence-electron chi connectivity index (χ4n) is 3.31. The summed E-state index contributed by atoms with van der Waals surface area (Å²) in [6.07, 6.45) is 2.90. The van der Waals surface area contributed by atoms with Crippen molar-refractivity contribution in [3.8, 4) is 22.9 Å². The molecule has 5 nitrogen and oxygen atoms in total. The molecule has 0 spiro atoms. The normalized spacial score (nSPS) is 14.0. The first-order chi connectivity index (χ1) is 12.7. The second-order valence-corrected chi connectivity index (χ2v) is 6.50. The summed E-state index contributed by atoms with van der Waals surface area (Å²) in [7, 11) is 1.56. The summed E-state index contributed by atoms with van der Waals surface area (Å²) in [6.45, 7) is 2.50. The van der Waals surface area contributed by atoms with E-state index < -0.39 is 0 Å². The van der Waals surface area contributed by atoms with Gasteiger partial charge in [-0.1, -0.05) is 36.4 Å². The maximum atomic E-state index is 9.98. The number of nitrogens with zero attached hydrogens (tertiary/aromatic N) is 3. The number of phenols is 1. The molecule has 5 heteroatoms. The third-order valence-electron chi connectivity index (χ3n) is 4.71. The number of hydrogen-bond donors (Lipinski definition) is 1. The highest BCUT2D eigenvalue weighted by atomic mass is 16.5. The minimum absolute atomic E-state index is 0.177. The first-order valence-electron chi connectivity index (χ1n) is 8.71. The van der Waals surface area contributed by atoms with Crippen LogP contribution in [0.4, 0.5) is 0 Å². The Morgan fingerprint density at radius 2 is 2.00 bits per heavy atom. The van der Waals surface area contributed by atoms with E-state index in [0.717, 1.165) is 48.7 Å². The minimum atomic E-state index is 0.177. The smallest absolute Gasteiger partial charge is 0.160 e. The Bertz CT molecular complexity index is 912. The van der Waals surface area contributed by atoms with Crippen LogP contribution >= 0.6 is 0 Å². The summed E-state index contributed by atoms with van der Waals surface area (Å²) in [5.74, 6) is 1.45. The predicted molar refractivity (Wildman–Crippen MR) is 99.9 cm³/mol. The molecule has 0 amide bonds. The van der Waals surface area contributed by atoms with Crippen molar-refractivity contribution in [1.82, 2.24) is 14.9 Å². The summed E-state index contributed by atoms with van der Waals surface area (Å²) in [5, 5.41) is 9.98. The van der Waals surface area contributed by atoms with Gasteiger partial charge in [0, 0.05) is 31.4 Å². The van der Waals surface area contributed by atoms with Crippen LogP contribution in [0, 0.1) is 0 Å². The van der Waals surface area contributed by atoms with Gasteiger partial charge in [-0.3, -0.25) is 4.90 Å². The number of aromatic hydroxyl groups is 1. The molecule has 0 bridgehead atoms. The largest absolute Gasteiger partial charge is 0.504 e. The number of ether oxygens (including phenoxy) is 1. The van der Waals surface area contributed by atoms with Crippen LogP contribution in [-0.2, 0) is 19.5 Å². The molecule has 0 aliphatic carbocycles. The number of phenolic OH excluding ortho intramolecular Hbond substituents is 1. The number of fused-ring (bicyclic) bond motifs is 1. The van der Waals surface area contributed by atoms with Crippen LogP contribution in [0.1, 0.15) is 16.8 Å². The molecule has 3 aromatic rings. The van der Waals surface area contributed by atoms with Gasteiger partial charge in [0.05, 0.1) is 12.8 Å². The lowest BCUT2D eigenvalue weighted by atomic mass is 10.1. The lowest BCUT2D eigenvalue weighted by molar-refractivity contribution is 0.241. The molecule has 0 fully saturated rings. The molecule has 0 saturated carbocycles. The molecule has 0 radical (unpaired) electrons. The zero-order chi connectivity index (χ0) is 17.9. The SMILES string of the molecule is COc1ccc(CN2CCc3cnc(-c4ccccc4)nc3C2)cc1O. The Hall–Kier alpha value is -2.92. The van der Waals surface area contributed by atoms with Gasteiger partial charge in [-0.2, -0.15) is 0 Å². The second kappa shape index (κ2) is 7.14. The standard InChI is InChI=1S/C21H21N3O2/c1-26-20-8-7-15(11-19(20)25)13-24-10-9-17-12-22-21(23-18(17)14-24)16-5-3-2-4-6-16/h2-8,11-12,25H,9-10,13-14H2,1H3. The van der Waals surface area contributed by atoms with Crippen molar-refractivity contribution in [2.75, 3.05) is 13.7 Å². The molecule has 2 heterocycles. The van der Waals surface area contributed by atoms with Crippen LogP contribution in [0.25, 0.3) is 11.4 Å². The zero-order valence-corrected chi connectivity index (χ0v) is 14.7. The average Bonchev–Trinajstić information content (AvgIpc) is 2.68. The molecule has 2 aromatic carbocycles. The summed E-state index contributed by atoms with van der Waals surface area (Å²) in [6, 6.07) is 15.6. The van der Waals surface area contributed by atoms with Crippen LogP contribution in [0.3, 0.4) is 0 Å². The number of methoxy groups -OCH3 is 1. The van der Waals surface area contributed by atoms with Crippen LogP contribution in [-0.4, -0.2) is 33.6 Å². The molecule has 4 rings (SSSR count). The van der Waals surface area contributed by atoms with Crippen LogP contribution < -0.4 is 4.74 Å². The van der Waals surface area contributed by atoms with E-state index >= 15 is 0 Å². The van der Waals surface area contributed by atoms with Gasteiger partial charge in [0.15, 0.2) is 17.3 Å². The molecular weight excluding hydrogens is 326 g/mol. The molecule has 132 valence electrons. The zero-order valence-electron chi connectivity index (χ0n) is 14.7. The number of benzene rings is 2. The van der Waals surface area contributed by atoms with E-state index in [4.69, 9.17) is 9.72 Å². The topological polar surface area (TPSA) is 58.5 Å². The van der Waals surface area contributed by atoms with Gasteiger partial charge in [-0.25, -0.2) is 9.97 Å². The van der Waals surface area contributed by atoms with Crippen LogP contribution in [0.2, 0.25) is 0 Å². The third kappa shape index (κ3) is 3.39. The van der Waals surface area contributed by atoms with Crippen molar-refractivity contribution in [3.05, 3.63) is 71.5 Å². The first-order valence-corrected chi connectivity index (χ1v) is 8.71.